The van der Waals surface area contributed by atoms with Crippen molar-refractivity contribution in [3.8, 4) is 17.2 Å². The number of hydrogen-bond acceptors (Lipinski definition) is 7. The van der Waals surface area contributed by atoms with Gasteiger partial charge in [-0.15, -0.1) is 0 Å². The summed E-state index contributed by atoms with van der Waals surface area (Å²) in [5.74, 6) is 0.289. The molecule has 0 radical (unpaired) electrons. The van der Waals surface area contributed by atoms with Crippen molar-refractivity contribution in [3.63, 3.8) is 0 Å². The first-order valence-electron chi connectivity index (χ1n) is 9.80. The number of likely N-dealkylation sites (N-methyl/N-ethyl adjacent to an activating group) is 2. The van der Waals surface area contributed by atoms with E-state index in [1.807, 2.05) is 38.9 Å². The molecule has 0 bridgehead atoms. The Morgan fingerprint density at radius 3 is 1.86 bits per heavy atom. The Bertz CT molecular complexity index is 1100. The lowest BCUT2D eigenvalue weighted by molar-refractivity contribution is 0.182. The van der Waals surface area contributed by atoms with E-state index in [9.17, 15) is 5.26 Å². The van der Waals surface area contributed by atoms with Gasteiger partial charge in [-0.3, -0.25) is 10.0 Å². The molecule has 29 heavy (non-hydrogen) atoms. The van der Waals surface area contributed by atoms with Crippen LogP contribution in [0.5, 0.6) is 0 Å². The number of hydrazone groups is 2. The molecule has 6 rings (SSSR count). The van der Waals surface area contributed by atoms with Crippen LogP contribution in [0, 0.1) is 25.2 Å². The Balaban J connectivity index is 1.60. The van der Waals surface area contributed by atoms with E-state index in [1.165, 1.54) is 28.1 Å². The van der Waals surface area contributed by atoms with Crippen LogP contribution in [-0.2, 0) is 0 Å². The van der Waals surface area contributed by atoms with Gasteiger partial charge in [-0.1, -0.05) is 0 Å². The lowest BCUT2D eigenvalue weighted by atomic mass is 9.91. The van der Waals surface area contributed by atoms with Crippen LogP contribution in [0.15, 0.2) is 34.5 Å². The molecule has 4 heterocycles. The highest BCUT2D eigenvalue weighted by atomic mass is 15.6. The van der Waals surface area contributed by atoms with Crippen LogP contribution < -0.4 is 9.80 Å². The first-order chi connectivity index (χ1) is 14.0. The van der Waals surface area contributed by atoms with Gasteiger partial charge in [-0.2, -0.15) is 15.5 Å². The summed E-state index contributed by atoms with van der Waals surface area (Å²) in [6, 6.07) is 10.8. The third kappa shape index (κ3) is 1.91. The lowest BCUT2D eigenvalue weighted by Crippen LogP contribution is -2.48. The summed E-state index contributed by atoms with van der Waals surface area (Å²) in [5.41, 5.74) is 9.13. The number of nitriles is 1. The van der Waals surface area contributed by atoms with Crippen LogP contribution >= 0.6 is 0 Å². The van der Waals surface area contributed by atoms with Crippen LogP contribution in [0.25, 0.3) is 11.1 Å². The Labute approximate surface area is 169 Å². The van der Waals surface area contributed by atoms with Crippen molar-refractivity contribution in [2.45, 2.75) is 32.1 Å². The quantitative estimate of drug-likeness (QED) is 0.758. The standard InChI is InChI=1S/C22H21N7/c1-12-5-14(9-23)6-13(2)18(12)15-7-16-19-17(8-15)29-11-25-27(4)22(29)20(19)21-26(3)24-10-28(16)21/h5-8,10-11,20-22H,1-4H3. The Hall–Kier alpha value is -3.53. The van der Waals surface area contributed by atoms with Gasteiger partial charge in [0, 0.05) is 19.7 Å². The van der Waals surface area contributed by atoms with Crippen LogP contribution in [-0.4, -0.2) is 49.1 Å². The predicted molar refractivity (Wildman–Crippen MR) is 114 cm³/mol. The van der Waals surface area contributed by atoms with Crippen molar-refractivity contribution in [3.05, 3.63) is 46.5 Å². The average molecular weight is 383 g/mol. The minimum atomic E-state index is 0.168. The maximum atomic E-state index is 9.32. The molecule has 7 nitrogen and oxygen atoms in total. The van der Waals surface area contributed by atoms with E-state index in [4.69, 9.17) is 0 Å². The molecule has 2 aromatic carbocycles. The average Bonchev–Trinajstić information content (AvgIpc) is 3.40. The molecule has 0 spiro atoms. The largest absolute Gasteiger partial charge is 0.307 e. The van der Waals surface area contributed by atoms with Crippen LogP contribution in [0.2, 0.25) is 0 Å². The third-order valence-electron chi connectivity index (χ3n) is 6.67. The zero-order chi connectivity index (χ0) is 20.0. The minimum absolute atomic E-state index is 0.168. The smallest absolute Gasteiger partial charge is 0.134 e. The first-order valence-corrected chi connectivity index (χ1v) is 9.80. The van der Waals surface area contributed by atoms with Gasteiger partial charge < -0.3 is 9.80 Å². The molecule has 2 atom stereocenters. The number of hydrogen-bond donors (Lipinski definition) is 0. The molecule has 0 N–H and O–H groups in total. The summed E-state index contributed by atoms with van der Waals surface area (Å²) >= 11 is 0. The fourth-order valence-corrected chi connectivity index (χ4v) is 5.60. The van der Waals surface area contributed by atoms with Crippen molar-refractivity contribution in [1.82, 2.24) is 10.0 Å². The number of nitrogens with zero attached hydrogens (tertiary/aromatic N) is 7. The fourth-order valence-electron chi connectivity index (χ4n) is 5.60. The van der Waals surface area contributed by atoms with E-state index in [1.54, 1.807) is 0 Å². The zero-order valence-corrected chi connectivity index (χ0v) is 16.8. The van der Waals surface area contributed by atoms with Crippen molar-refractivity contribution in [1.29, 1.82) is 5.26 Å². The number of fused-ring (bicyclic) bond motifs is 6. The predicted octanol–water partition coefficient (Wildman–Crippen LogP) is 3.00. The van der Waals surface area contributed by atoms with E-state index in [-0.39, 0.29) is 18.2 Å². The van der Waals surface area contributed by atoms with Crippen molar-refractivity contribution in [2.24, 2.45) is 10.2 Å². The molecule has 0 saturated carbocycles. The van der Waals surface area contributed by atoms with Gasteiger partial charge in [0.2, 0.25) is 0 Å². The molecule has 7 heteroatoms. The van der Waals surface area contributed by atoms with E-state index in [2.05, 4.69) is 62.1 Å². The number of benzene rings is 2. The summed E-state index contributed by atoms with van der Waals surface area (Å²) in [5, 5.41) is 22.6. The van der Waals surface area contributed by atoms with Gasteiger partial charge in [-0.05, 0) is 60.4 Å². The van der Waals surface area contributed by atoms with Gasteiger partial charge >= 0.3 is 0 Å². The van der Waals surface area contributed by atoms with Gasteiger partial charge in [-0.25, -0.2) is 0 Å². The second kappa shape index (κ2) is 5.29. The van der Waals surface area contributed by atoms with Crippen LogP contribution in [0.1, 0.15) is 28.2 Å². The summed E-state index contributed by atoms with van der Waals surface area (Å²) in [6.45, 7) is 4.17. The van der Waals surface area contributed by atoms with Gasteiger partial charge in [0.05, 0.1) is 28.9 Å². The van der Waals surface area contributed by atoms with Crippen molar-refractivity contribution in [2.75, 3.05) is 23.9 Å². The highest BCUT2D eigenvalue weighted by Crippen LogP contribution is 2.57. The fraction of sp³-hybridized carbons (Fsp3) is 0.318. The van der Waals surface area contributed by atoms with Crippen LogP contribution in [0.4, 0.5) is 11.4 Å². The van der Waals surface area contributed by atoms with Crippen LogP contribution in [0.3, 0.4) is 0 Å². The third-order valence-corrected chi connectivity index (χ3v) is 6.67. The zero-order valence-electron chi connectivity index (χ0n) is 16.8. The molecule has 0 amide bonds. The Morgan fingerprint density at radius 2 is 1.38 bits per heavy atom. The normalized spacial score (nSPS) is 25.0. The molecule has 2 unspecified atom stereocenters. The number of aryl methyl sites for hydroxylation is 2. The minimum Gasteiger partial charge on any atom is -0.307 e. The lowest BCUT2D eigenvalue weighted by Gasteiger charge is -2.33. The molecule has 2 aromatic rings. The van der Waals surface area contributed by atoms with Gasteiger partial charge in [0.15, 0.2) is 0 Å². The number of rotatable bonds is 1. The first kappa shape index (κ1) is 16.4. The second-order valence-electron chi connectivity index (χ2n) is 8.30. The maximum absolute atomic E-state index is 9.32. The maximum Gasteiger partial charge on any atom is 0.134 e. The molecule has 4 aliphatic heterocycles. The Morgan fingerprint density at radius 1 is 0.862 bits per heavy atom. The van der Waals surface area contributed by atoms with E-state index >= 15 is 0 Å². The molecule has 0 aromatic heterocycles. The molecule has 144 valence electrons. The topological polar surface area (TPSA) is 61.5 Å². The monoisotopic (exact) mass is 383 g/mol. The molecule has 0 aliphatic carbocycles. The van der Waals surface area contributed by atoms with Gasteiger partial charge in [0.25, 0.3) is 0 Å². The molecule has 0 saturated heterocycles. The van der Waals surface area contributed by atoms with Gasteiger partial charge in [0.1, 0.15) is 25.0 Å². The highest BCUT2D eigenvalue weighted by Gasteiger charge is 2.56. The summed E-state index contributed by atoms with van der Waals surface area (Å²) in [6.07, 6.45) is 4.23. The van der Waals surface area contributed by atoms with Crippen molar-refractivity contribution >= 4 is 24.1 Å². The SMILES string of the molecule is Cc1cc(C#N)cc(C)c1-c1cc2c3c(c1)N1C=NN(C)C1C3C1N(C)N=CN21. The van der Waals surface area contributed by atoms with E-state index in [0.717, 1.165) is 11.1 Å². The second-order valence-corrected chi connectivity index (χ2v) is 8.30. The molecule has 4 aliphatic rings. The number of anilines is 2. The highest BCUT2D eigenvalue weighted by molar-refractivity contribution is 5.99. The van der Waals surface area contributed by atoms with Crippen molar-refractivity contribution < 1.29 is 0 Å². The summed E-state index contributed by atoms with van der Waals surface area (Å²) in [4.78, 5) is 4.59. The van der Waals surface area contributed by atoms with E-state index in [0.29, 0.717) is 5.56 Å². The molecular formula is C22H21N7. The molecular weight excluding hydrogens is 362 g/mol. The van der Waals surface area contributed by atoms with E-state index < -0.39 is 0 Å². The molecule has 0 fully saturated rings. The summed E-state index contributed by atoms with van der Waals surface area (Å²) < 4.78 is 0. The summed E-state index contributed by atoms with van der Waals surface area (Å²) in [7, 11) is 4.09. The Kier molecular flexibility index (Phi) is 3.00.